The van der Waals surface area contributed by atoms with Gasteiger partial charge in [-0.3, -0.25) is 19.3 Å². The van der Waals surface area contributed by atoms with Crippen molar-refractivity contribution >= 4 is 17.7 Å². The maximum Gasteiger partial charge on any atom is 0.240 e. The number of aromatic nitrogens is 1. The van der Waals surface area contributed by atoms with Gasteiger partial charge in [-0.25, -0.2) is 4.39 Å². The van der Waals surface area contributed by atoms with Crippen molar-refractivity contribution in [3.8, 4) is 11.3 Å². The largest absolute Gasteiger partial charge is 0.356 e. The SMILES string of the molecule is O=C(CN1C(=O)CCC1=O)NCc1cc(-c2ccccc2F)on1. The Hall–Kier alpha value is -3.03. The molecule has 3 rings (SSSR count). The van der Waals surface area contributed by atoms with Crippen LogP contribution >= 0.6 is 0 Å². The normalized spacial score (nSPS) is 14.3. The van der Waals surface area contributed by atoms with Crippen molar-refractivity contribution in [3.63, 3.8) is 0 Å². The van der Waals surface area contributed by atoms with E-state index in [0.29, 0.717) is 5.69 Å². The lowest BCUT2D eigenvalue weighted by Crippen LogP contribution is -2.39. The topological polar surface area (TPSA) is 92.5 Å². The minimum atomic E-state index is -0.478. The quantitative estimate of drug-likeness (QED) is 0.832. The monoisotopic (exact) mass is 331 g/mol. The van der Waals surface area contributed by atoms with Crippen LogP contribution in [-0.2, 0) is 20.9 Å². The summed E-state index contributed by atoms with van der Waals surface area (Å²) < 4.78 is 18.7. The standard InChI is InChI=1S/C16H14FN3O4/c17-12-4-2-1-3-11(12)13-7-10(19-24-13)8-18-14(21)9-20-15(22)5-6-16(20)23/h1-4,7H,5-6,8-9H2,(H,18,21). The molecule has 2 heterocycles. The molecule has 0 unspecified atom stereocenters. The average molecular weight is 331 g/mol. The lowest BCUT2D eigenvalue weighted by molar-refractivity contribution is -0.142. The van der Waals surface area contributed by atoms with E-state index < -0.39 is 11.7 Å². The maximum absolute atomic E-state index is 13.7. The molecule has 0 bridgehead atoms. The third kappa shape index (κ3) is 3.32. The Morgan fingerprint density at radius 2 is 1.96 bits per heavy atom. The number of benzene rings is 1. The third-order valence-electron chi connectivity index (χ3n) is 3.62. The van der Waals surface area contributed by atoms with Gasteiger partial charge in [-0.05, 0) is 12.1 Å². The second-order valence-corrected chi connectivity index (χ2v) is 5.31. The second kappa shape index (κ2) is 6.61. The molecule has 8 heteroatoms. The number of hydrogen-bond acceptors (Lipinski definition) is 5. The van der Waals surface area contributed by atoms with Crippen molar-refractivity contribution in [2.75, 3.05) is 6.54 Å². The summed E-state index contributed by atoms with van der Waals surface area (Å²) in [7, 11) is 0. The van der Waals surface area contributed by atoms with E-state index in [4.69, 9.17) is 4.52 Å². The van der Waals surface area contributed by atoms with Crippen LogP contribution in [0.5, 0.6) is 0 Å². The van der Waals surface area contributed by atoms with Crippen molar-refractivity contribution in [2.24, 2.45) is 0 Å². The lowest BCUT2D eigenvalue weighted by atomic mass is 10.1. The highest BCUT2D eigenvalue weighted by molar-refractivity contribution is 6.04. The fourth-order valence-electron chi connectivity index (χ4n) is 2.37. The lowest BCUT2D eigenvalue weighted by Gasteiger charge is -2.12. The average Bonchev–Trinajstić information content (AvgIpc) is 3.15. The minimum absolute atomic E-state index is 0.0486. The van der Waals surface area contributed by atoms with Crippen LogP contribution in [0, 0.1) is 5.82 Å². The first kappa shape index (κ1) is 15.9. The summed E-state index contributed by atoms with van der Waals surface area (Å²) in [5.41, 5.74) is 0.677. The van der Waals surface area contributed by atoms with E-state index in [1.54, 1.807) is 18.2 Å². The van der Waals surface area contributed by atoms with Gasteiger partial charge in [0.05, 0.1) is 12.1 Å². The summed E-state index contributed by atoms with van der Waals surface area (Å²) in [4.78, 5) is 35.6. The number of carbonyl (C=O) groups excluding carboxylic acids is 3. The van der Waals surface area contributed by atoms with Crippen LogP contribution in [0.2, 0.25) is 0 Å². The van der Waals surface area contributed by atoms with E-state index in [9.17, 15) is 18.8 Å². The summed E-state index contributed by atoms with van der Waals surface area (Å²) in [6, 6.07) is 7.63. The second-order valence-electron chi connectivity index (χ2n) is 5.31. The molecule has 1 aliphatic heterocycles. The highest BCUT2D eigenvalue weighted by atomic mass is 19.1. The number of nitrogens with zero attached hydrogens (tertiary/aromatic N) is 2. The van der Waals surface area contributed by atoms with Gasteiger partial charge in [-0.1, -0.05) is 17.3 Å². The Bertz CT molecular complexity index is 786. The van der Waals surface area contributed by atoms with Gasteiger partial charge >= 0.3 is 0 Å². The van der Waals surface area contributed by atoms with Crippen molar-refractivity contribution in [3.05, 3.63) is 41.8 Å². The molecule has 0 atom stereocenters. The van der Waals surface area contributed by atoms with Gasteiger partial charge < -0.3 is 9.84 Å². The summed E-state index contributed by atoms with van der Waals surface area (Å²) in [5, 5.41) is 6.31. The molecule has 24 heavy (non-hydrogen) atoms. The number of carbonyl (C=O) groups is 3. The highest BCUT2D eigenvalue weighted by Gasteiger charge is 2.30. The van der Waals surface area contributed by atoms with Crippen molar-refractivity contribution < 1.29 is 23.3 Å². The van der Waals surface area contributed by atoms with Crippen LogP contribution in [0.1, 0.15) is 18.5 Å². The number of halogens is 1. The summed E-state index contributed by atoms with van der Waals surface area (Å²) in [6.45, 7) is -0.261. The maximum atomic E-state index is 13.7. The smallest absolute Gasteiger partial charge is 0.240 e. The van der Waals surface area contributed by atoms with E-state index in [1.165, 1.54) is 12.1 Å². The zero-order valence-electron chi connectivity index (χ0n) is 12.6. The molecule has 0 aliphatic carbocycles. The predicted octanol–water partition coefficient (Wildman–Crippen LogP) is 1.25. The third-order valence-corrected chi connectivity index (χ3v) is 3.62. The molecule has 124 valence electrons. The predicted molar refractivity (Wildman–Crippen MR) is 79.7 cm³/mol. The Morgan fingerprint density at radius 3 is 2.67 bits per heavy atom. The van der Waals surface area contributed by atoms with E-state index in [1.807, 2.05) is 0 Å². The Labute approximate surface area is 136 Å². The van der Waals surface area contributed by atoms with Crippen molar-refractivity contribution in [1.82, 2.24) is 15.4 Å². The minimum Gasteiger partial charge on any atom is -0.356 e. The molecule has 1 fully saturated rings. The van der Waals surface area contributed by atoms with Gasteiger partial charge in [0.15, 0.2) is 5.76 Å². The van der Waals surface area contributed by atoms with E-state index in [0.717, 1.165) is 4.90 Å². The fraction of sp³-hybridized carbons (Fsp3) is 0.250. The Balaban J connectivity index is 1.58. The summed E-state index contributed by atoms with van der Waals surface area (Å²) in [6.07, 6.45) is 0.281. The van der Waals surface area contributed by atoms with Crippen LogP contribution in [-0.4, -0.2) is 34.3 Å². The number of imide groups is 1. The van der Waals surface area contributed by atoms with Crippen LogP contribution in [0.4, 0.5) is 4.39 Å². The van der Waals surface area contributed by atoms with E-state index >= 15 is 0 Å². The zero-order chi connectivity index (χ0) is 17.1. The molecule has 1 aromatic carbocycles. The molecule has 0 radical (unpaired) electrons. The van der Waals surface area contributed by atoms with Gasteiger partial charge in [-0.2, -0.15) is 0 Å². The molecule has 1 saturated heterocycles. The van der Waals surface area contributed by atoms with Crippen molar-refractivity contribution in [2.45, 2.75) is 19.4 Å². The molecule has 2 aromatic rings. The highest BCUT2D eigenvalue weighted by Crippen LogP contribution is 2.23. The van der Waals surface area contributed by atoms with Gasteiger partial charge in [0.25, 0.3) is 0 Å². The molecular formula is C16H14FN3O4. The molecular weight excluding hydrogens is 317 g/mol. The summed E-state index contributed by atoms with van der Waals surface area (Å²) in [5.74, 6) is -1.36. The van der Waals surface area contributed by atoms with E-state index in [-0.39, 0.29) is 49.1 Å². The van der Waals surface area contributed by atoms with Gasteiger partial charge in [0.2, 0.25) is 17.7 Å². The molecule has 1 N–H and O–H groups in total. The van der Waals surface area contributed by atoms with Crippen LogP contribution in [0.15, 0.2) is 34.9 Å². The fourth-order valence-corrected chi connectivity index (χ4v) is 2.37. The summed E-state index contributed by atoms with van der Waals surface area (Å²) >= 11 is 0. The van der Waals surface area contributed by atoms with Crippen molar-refractivity contribution in [1.29, 1.82) is 0 Å². The molecule has 0 saturated carbocycles. The number of rotatable bonds is 5. The first-order valence-electron chi connectivity index (χ1n) is 7.35. The number of likely N-dealkylation sites (tertiary alicyclic amines) is 1. The first-order chi connectivity index (χ1) is 11.5. The molecule has 1 aromatic heterocycles. The van der Waals surface area contributed by atoms with E-state index in [2.05, 4.69) is 10.5 Å². The van der Waals surface area contributed by atoms with Gasteiger partial charge in [0.1, 0.15) is 18.1 Å². The van der Waals surface area contributed by atoms with Gasteiger partial charge in [-0.15, -0.1) is 0 Å². The number of nitrogens with one attached hydrogen (secondary N) is 1. The number of hydrogen-bond donors (Lipinski definition) is 1. The van der Waals surface area contributed by atoms with Crippen LogP contribution in [0.3, 0.4) is 0 Å². The Kier molecular flexibility index (Phi) is 4.37. The molecule has 7 nitrogen and oxygen atoms in total. The molecule has 3 amide bonds. The number of amides is 3. The van der Waals surface area contributed by atoms with Crippen LogP contribution < -0.4 is 5.32 Å². The molecule has 0 spiro atoms. The molecule has 1 aliphatic rings. The van der Waals surface area contributed by atoms with Crippen LogP contribution in [0.25, 0.3) is 11.3 Å². The zero-order valence-corrected chi connectivity index (χ0v) is 12.6. The Morgan fingerprint density at radius 1 is 1.25 bits per heavy atom. The first-order valence-corrected chi connectivity index (χ1v) is 7.35. The van der Waals surface area contributed by atoms with Gasteiger partial charge in [0, 0.05) is 18.9 Å².